The van der Waals surface area contributed by atoms with E-state index in [1.165, 1.54) is 15.9 Å². The molecule has 2 heterocycles. The summed E-state index contributed by atoms with van der Waals surface area (Å²) in [4.78, 5) is 67.0. The number of cyclic esters (lactones) is 1. The number of hydrogen-bond donors (Lipinski definition) is 3. The quantitative estimate of drug-likeness (QED) is 0.448. The summed E-state index contributed by atoms with van der Waals surface area (Å²) >= 11 is 6.08. The number of nitrogens with one attached hydrogen (secondary N) is 2. The van der Waals surface area contributed by atoms with Crippen LogP contribution in [0.4, 0.5) is 0 Å². The van der Waals surface area contributed by atoms with Crippen molar-refractivity contribution in [1.29, 1.82) is 0 Å². The second-order valence-electron chi connectivity index (χ2n) is 9.47. The van der Waals surface area contributed by atoms with Gasteiger partial charge in [0, 0.05) is 29.2 Å². The number of nitrogens with zero attached hydrogens (tertiary/aromatic N) is 2. The lowest BCUT2D eigenvalue weighted by molar-refractivity contribution is -0.155. The van der Waals surface area contributed by atoms with Crippen molar-refractivity contribution in [3.05, 3.63) is 70.2 Å². The second kappa shape index (κ2) is 12.3. The Morgan fingerprint density at radius 1 is 1.08 bits per heavy atom. The van der Waals surface area contributed by atoms with Gasteiger partial charge in [-0.1, -0.05) is 35.9 Å². The van der Waals surface area contributed by atoms with Crippen molar-refractivity contribution >= 4 is 41.2 Å². The Morgan fingerprint density at radius 3 is 2.51 bits per heavy atom. The number of benzene rings is 2. The fourth-order valence-corrected chi connectivity index (χ4v) is 4.73. The summed E-state index contributed by atoms with van der Waals surface area (Å²) < 4.78 is 4.64. The molecule has 2 saturated heterocycles. The van der Waals surface area contributed by atoms with Crippen LogP contribution >= 0.6 is 11.6 Å². The van der Waals surface area contributed by atoms with Crippen molar-refractivity contribution in [1.82, 2.24) is 20.4 Å². The molecule has 4 rings (SSSR count). The van der Waals surface area contributed by atoms with Crippen LogP contribution in [0.3, 0.4) is 0 Å². The van der Waals surface area contributed by atoms with Gasteiger partial charge in [0.25, 0.3) is 11.8 Å². The van der Waals surface area contributed by atoms with E-state index >= 15 is 0 Å². The smallest absolute Gasteiger partial charge is 0.310 e. The Kier molecular flexibility index (Phi) is 8.82. The zero-order valence-electron chi connectivity index (χ0n) is 21.3. The monoisotopic (exact) mass is 556 g/mol. The maximum Gasteiger partial charge on any atom is 0.310 e. The van der Waals surface area contributed by atoms with Gasteiger partial charge in [0.15, 0.2) is 0 Å². The van der Waals surface area contributed by atoms with Gasteiger partial charge < -0.3 is 30.3 Å². The van der Waals surface area contributed by atoms with Crippen LogP contribution in [0.2, 0.25) is 5.02 Å². The molecule has 39 heavy (non-hydrogen) atoms. The molecule has 0 saturated carbocycles. The van der Waals surface area contributed by atoms with Crippen LogP contribution in [0, 0.1) is 6.92 Å². The predicted molar refractivity (Wildman–Crippen MR) is 140 cm³/mol. The molecule has 0 spiro atoms. The zero-order chi connectivity index (χ0) is 28.1. The molecule has 0 radical (unpaired) electrons. The van der Waals surface area contributed by atoms with E-state index in [0.29, 0.717) is 22.6 Å². The van der Waals surface area contributed by atoms with Crippen molar-refractivity contribution in [2.45, 2.75) is 38.1 Å². The topological polar surface area (TPSA) is 145 Å². The fourth-order valence-electron chi connectivity index (χ4n) is 4.55. The molecule has 3 atom stereocenters. The van der Waals surface area contributed by atoms with Crippen LogP contribution in [0.25, 0.3) is 0 Å². The van der Waals surface area contributed by atoms with Crippen molar-refractivity contribution in [2.75, 3.05) is 26.2 Å². The van der Waals surface area contributed by atoms with Crippen molar-refractivity contribution in [3.63, 3.8) is 0 Å². The van der Waals surface area contributed by atoms with Crippen molar-refractivity contribution in [2.24, 2.45) is 0 Å². The summed E-state index contributed by atoms with van der Waals surface area (Å²) in [5, 5.41) is 15.4. The summed E-state index contributed by atoms with van der Waals surface area (Å²) in [6.45, 7) is 1.67. The van der Waals surface area contributed by atoms with E-state index in [1.54, 1.807) is 49.4 Å². The SMILES string of the molecule is Cc1ccc(Cl)cc1C(=O)N[C@H]1CN(C(=O)c2ccccc2)CCCN(CC(=O)N[C@H]2CC(=O)OC2O)C1=O. The predicted octanol–water partition coefficient (Wildman–Crippen LogP) is 0.872. The van der Waals surface area contributed by atoms with E-state index in [-0.39, 0.29) is 44.1 Å². The third kappa shape index (κ3) is 6.92. The first kappa shape index (κ1) is 28.1. The number of aliphatic hydroxyl groups is 1. The fraction of sp³-hybridized carbons (Fsp3) is 0.370. The number of hydrogen-bond acceptors (Lipinski definition) is 7. The third-order valence-electron chi connectivity index (χ3n) is 6.59. The first-order chi connectivity index (χ1) is 18.6. The van der Waals surface area contributed by atoms with Gasteiger partial charge in [0.1, 0.15) is 12.1 Å². The molecule has 2 aromatic carbocycles. The van der Waals surface area contributed by atoms with Crippen LogP contribution < -0.4 is 10.6 Å². The largest absolute Gasteiger partial charge is 0.434 e. The Hall–Kier alpha value is -3.96. The van der Waals surface area contributed by atoms with Gasteiger partial charge in [-0.3, -0.25) is 24.0 Å². The van der Waals surface area contributed by atoms with Gasteiger partial charge in [0.2, 0.25) is 18.1 Å². The van der Waals surface area contributed by atoms with Gasteiger partial charge in [-0.2, -0.15) is 0 Å². The summed E-state index contributed by atoms with van der Waals surface area (Å²) in [6, 6.07) is 11.4. The maximum absolute atomic E-state index is 13.6. The molecule has 206 valence electrons. The highest BCUT2D eigenvalue weighted by atomic mass is 35.5. The van der Waals surface area contributed by atoms with Crippen molar-refractivity contribution in [3.8, 4) is 0 Å². The maximum atomic E-state index is 13.6. The molecular weight excluding hydrogens is 528 g/mol. The standard InChI is InChI=1S/C27H29ClN4O7/c1-16-8-9-18(28)12-19(16)24(35)30-21-14-31(25(36)17-6-3-2-4-7-17)10-5-11-32(26(21)37)15-22(33)29-20-13-23(34)39-27(20)38/h2-4,6-9,12,20-21,27,38H,5,10-11,13-15H2,1H3,(H,29,33)(H,30,35)/t20-,21-,27?/m0/s1. The lowest BCUT2D eigenvalue weighted by Crippen LogP contribution is -2.58. The Bertz CT molecular complexity index is 1270. The van der Waals surface area contributed by atoms with Crippen LogP contribution in [0.5, 0.6) is 0 Å². The summed E-state index contributed by atoms with van der Waals surface area (Å²) in [5.74, 6) is -2.62. The molecule has 0 aliphatic carbocycles. The minimum atomic E-state index is -1.46. The number of aliphatic hydroxyl groups excluding tert-OH is 1. The van der Waals surface area contributed by atoms with Gasteiger partial charge in [-0.05, 0) is 43.2 Å². The molecule has 1 unspecified atom stereocenters. The number of halogens is 1. The number of amides is 4. The van der Waals surface area contributed by atoms with Crippen LogP contribution in [0.15, 0.2) is 48.5 Å². The number of ether oxygens (including phenoxy) is 1. The molecule has 3 N–H and O–H groups in total. The first-order valence-corrected chi connectivity index (χ1v) is 12.9. The van der Waals surface area contributed by atoms with Gasteiger partial charge in [-0.15, -0.1) is 0 Å². The molecule has 0 aromatic heterocycles. The average molecular weight is 557 g/mol. The van der Waals surface area contributed by atoms with E-state index in [1.807, 2.05) is 0 Å². The molecule has 4 amide bonds. The molecule has 2 aliphatic heterocycles. The van der Waals surface area contributed by atoms with Gasteiger partial charge >= 0.3 is 5.97 Å². The lowest BCUT2D eigenvalue weighted by atomic mass is 10.1. The number of esters is 1. The summed E-state index contributed by atoms with van der Waals surface area (Å²) in [7, 11) is 0. The second-order valence-corrected chi connectivity index (χ2v) is 9.91. The van der Waals surface area contributed by atoms with Crippen LogP contribution in [-0.4, -0.2) is 89.1 Å². The lowest BCUT2D eigenvalue weighted by Gasteiger charge is -2.35. The van der Waals surface area contributed by atoms with E-state index in [4.69, 9.17) is 11.6 Å². The minimum Gasteiger partial charge on any atom is -0.434 e. The molecular formula is C27H29ClN4O7. The normalized spacial score (nSPS) is 21.6. The van der Waals surface area contributed by atoms with E-state index in [9.17, 15) is 29.1 Å². The molecule has 2 aliphatic rings. The van der Waals surface area contributed by atoms with Gasteiger partial charge in [-0.25, -0.2) is 0 Å². The average Bonchev–Trinajstić information content (AvgIpc) is 3.22. The third-order valence-corrected chi connectivity index (χ3v) is 6.83. The van der Waals surface area contributed by atoms with Crippen LogP contribution in [0.1, 0.15) is 39.1 Å². The van der Waals surface area contributed by atoms with E-state index in [0.717, 1.165) is 0 Å². The highest BCUT2D eigenvalue weighted by Crippen LogP contribution is 2.17. The zero-order valence-corrected chi connectivity index (χ0v) is 22.0. The Balaban J connectivity index is 1.53. The Labute approximate surface area is 230 Å². The molecule has 11 nitrogen and oxygen atoms in total. The molecule has 0 bridgehead atoms. The molecule has 2 aromatic rings. The molecule has 12 heteroatoms. The number of carbonyl (C=O) groups excluding carboxylic acids is 5. The van der Waals surface area contributed by atoms with Gasteiger partial charge in [0.05, 0.1) is 19.5 Å². The number of carbonyl (C=O) groups is 5. The van der Waals surface area contributed by atoms with Crippen molar-refractivity contribution < 1.29 is 33.8 Å². The highest BCUT2D eigenvalue weighted by molar-refractivity contribution is 6.31. The van der Waals surface area contributed by atoms with Crippen LogP contribution in [-0.2, 0) is 19.1 Å². The molecule has 2 fully saturated rings. The minimum absolute atomic E-state index is 0.111. The number of aryl methyl sites for hydroxylation is 1. The first-order valence-electron chi connectivity index (χ1n) is 12.5. The Morgan fingerprint density at radius 2 is 1.82 bits per heavy atom. The summed E-state index contributed by atoms with van der Waals surface area (Å²) in [5.41, 5.74) is 1.38. The van der Waals surface area contributed by atoms with E-state index < -0.39 is 42.1 Å². The highest BCUT2D eigenvalue weighted by Gasteiger charge is 2.36. The summed E-state index contributed by atoms with van der Waals surface area (Å²) in [6.07, 6.45) is -1.26. The van der Waals surface area contributed by atoms with E-state index in [2.05, 4.69) is 15.4 Å². The number of rotatable bonds is 6.